The van der Waals surface area contributed by atoms with Crippen LogP contribution in [0.5, 0.6) is 5.75 Å². The predicted octanol–water partition coefficient (Wildman–Crippen LogP) is 4.20. The number of nitrogens with one attached hydrogen (secondary N) is 1. The van der Waals surface area contributed by atoms with Crippen molar-refractivity contribution in [1.29, 1.82) is 0 Å². The van der Waals surface area contributed by atoms with Crippen molar-refractivity contribution < 1.29 is 17.9 Å². The highest BCUT2D eigenvalue weighted by atomic mass is 19.4. The van der Waals surface area contributed by atoms with Crippen LogP contribution in [0.3, 0.4) is 0 Å². The fourth-order valence-corrected chi connectivity index (χ4v) is 3.51. The molecule has 0 aliphatic carbocycles. The molecule has 2 aromatic rings. The van der Waals surface area contributed by atoms with E-state index in [-0.39, 0.29) is 11.8 Å². The lowest BCUT2D eigenvalue weighted by Crippen LogP contribution is -2.45. The van der Waals surface area contributed by atoms with Crippen LogP contribution in [0.4, 0.5) is 13.2 Å². The van der Waals surface area contributed by atoms with E-state index in [1.54, 1.807) is 12.1 Å². The molecule has 1 aliphatic heterocycles. The summed E-state index contributed by atoms with van der Waals surface area (Å²) in [5.41, 5.74) is 4.53. The van der Waals surface area contributed by atoms with Crippen molar-refractivity contribution in [2.45, 2.75) is 26.3 Å². The van der Waals surface area contributed by atoms with Crippen LogP contribution in [0.2, 0.25) is 0 Å². The molecule has 140 valence electrons. The number of aryl methyl sites for hydroxylation is 2. The summed E-state index contributed by atoms with van der Waals surface area (Å²) in [4.78, 5) is 2.37. The summed E-state index contributed by atoms with van der Waals surface area (Å²) in [6, 6.07) is 12.6. The summed E-state index contributed by atoms with van der Waals surface area (Å²) in [7, 11) is 0. The quantitative estimate of drug-likeness (QED) is 0.880. The predicted molar refractivity (Wildman–Crippen MR) is 95.3 cm³/mol. The molecule has 1 heterocycles. The lowest BCUT2D eigenvalue weighted by molar-refractivity contribution is -0.274. The maximum Gasteiger partial charge on any atom is 0.573 e. The molecule has 0 aromatic heterocycles. The van der Waals surface area contributed by atoms with Crippen molar-refractivity contribution in [1.82, 2.24) is 10.2 Å². The van der Waals surface area contributed by atoms with E-state index in [2.05, 4.69) is 47.0 Å². The van der Waals surface area contributed by atoms with Gasteiger partial charge < -0.3 is 10.1 Å². The van der Waals surface area contributed by atoms with Crippen LogP contribution in [-0.4, -0.2) is 37.4 Å². The second-order valence-corrected chi connectivity index (χ2v) is 6.67. The molecule has 0 unspecified atom stereocenters. The second kappa shape index (κ2) is 7.68. The minimum absolute atomic E-state index is 0.0117. The van der Waals surface area contributed by atoms with Crippen LogP contribution in [0, 0.1) is 13.8 Å². The van der Waals surface area contributed by atoms with E-state index in [9.17, 15) is 13.2 Å². The van der Waals surface area contributed by atoms with Gasteiger partial charge in [-0.2, -0.15) is 0 Å². The molecule has 6 heteroatoms. The van der Waals surface area contributed by atoms with Crippen LogP contribution in [0.1, 0.15) is 28.3 Å². The molecule has 1 atom stereocenters. The highest BCUT2D eigenvalue weighted by molar-refractivity contribution is 5.40. The van der Waals surface area contributed by atoms with Crippen LogP contribution in [0.15, 0.2) is 42.5 Å². The number of benzene rings is 2. The highest BCUT2D eigenvalue weighted by Crippen LogP contribution is 2.33. The van der Waals surface area contributed by atoms with Crippen molar-refractivity contribution in [2.24, 2.45) is 0 Å². The Balaban J connectivity index is 1.95. The third-order valence-electron chi connectivity index (χ3n) is 4.67. The Kier molecular flexibility index (Phi) is 5.53. The monoisotopic (exact) mass is 364 g/mol. The first-order valence-electron chi connectivity index (χ1n) is 8.71. The number of hydrogen-bond acceptors (Lipinski definition) is 3. The topological polar surface area (TPSA) is 24.5 Å². The number of hydrogen-bond donors (Lipinski definition) is 1. The van der Waals surface area contributed by atoms with Gasteiger partial charge in [-0.25, -0.2) is 0 Å². The Morgan fingerprint density at radius 3 is 2.23 bits per heavy atom. The smallest absolute Gasteiger partial charge is 0.406 e. The van der Waals surface area contributed by atoms with E-state index < -0.39 is 6.36 Å². The maximum atomic E-state index is 12.4. The summed E-state index contributed by atoms with van der Waals surface area (Å²) in [5, 5.41) is 3.34. The average molecular weight is 364 g/mol. The minimum atomic E-state index is -4.67. The fourth-order valence-electron chi connectivity index (χ4n) is 3.51. The summed E-state index contributed by atoms with van der Waals surface area (Å²) >= 11 is 0. The molecular weight excluding hydrogens is 341 g/mol. The van der Waals surface area contributed by atoms with Crippen LogP contribution in [-0.2, 0) is 0 Å². The number of nitrogens with zero attached hydrogens (tertiary/aromatic N) is 1. The molecule has 1 fully saturated rings. The first kappa shape index (κ1) is 18.7. The molecule has 0 spiro atoms. The van der Waals surface area contributed by atoms with Gasteiger partial charge in [-0.1, -0.05) is 35.9 Å². The Morgan fingerprint density at radius 1 is 1.00 bits per heavy atom. The molecule has 26 heavy (non-hydrogen) atoms. The van der Waals surface area contributed by atoms with Crippen molar-refractivity contribution in [3.63, 3.8) is 0 Å². The van der Waals surface area contributed by atoms with Crippen molar-refractivity contribution in [3.05, 3.63) is 64.7 Å². The molecule has 2 aromatic carbocycles. The van der Waals surface area contributed by atoms with Gasteiger partial charge in [0.15, 0.2) is 0 Å². The Hall–Kier alpha value is -2.05. The molecule has 3 nitrogen and oxygen atoms in total. The molecule has 0 bridgehead atoms. The van der Waals surface area contributed by atoms with Gasteiger partial charge >= 0.3 is 6.36 Å². The van der Waals surface area contributed by atoms with Gasteiger partial charge in [0.2, 0.25) is 0 Å². The third kappa shape index (κ3) is 4.56. The van der Waals surface area contributed by atoms with Gasteiger partial charge in [-0.3, -0.25) is 4.90 Å². The Bertz CT molecular complexity index is 738. The third-order valence-corrected chi connectivity index (χ3v) is 4.67. The zero-order valence-corrected chi connectivity index (χ0v) is 14.9. The van der Waals surface area contributed by atoms with Crippen LogP contribution >= 0.6 is 0 Å². The van der Waals surface area contributed by atoms with E-state index in [1.165, 1.54) is 28.8 Å². The van der Waals surface area contributed by atoms with Gasteiger partial charge in [0, 0.05) is 26.2 Å². The van der Waals surface area contributed by atoms with Gasteiger partial charge in [0.05, 0.1) is 6.04 Å². The zero-order valence-electron chi connectivity index (χ0n) is 14.9. The van der Waals surface area contributed by atoms with E-state index in [0.717, 1.165) is 31.7 Å². The largest absolute Gasteiger partial charge is 0.573 e. The van der Waals surface area contributed by atoms with Crippen LogP contribution in [0.25, 0.3) is 0 Å². The highest BCUT2D eigenvalue weighted by Gasteiger charge is 2.31. The average Bonchev–Trinajstić information content (AvgIpc) is 2.58. The molecular formula is C20H23F3N2O. The molecule has 0 radical (unpaired) electrons. The summed E-state index contributed by atoms with van der Waals surface area (Å²) < 4.78 is 41.2. The Morgan fingerprint density at radius 2 is 1.65 bits per heavy atom. The van der Waals surface area contributed by atoms with Crippen LogP contribution < -0.4 is 10.1 Å². The molecule has 1 aliphatic rings. The minimum Gasteiger partial charge on any atom is -0.406 e. The van der Waals surface area contributed by atoms with Crippen molar-refractivity contribution >= 4 is 0 Å². The zero-order chi connectivity index (χ0) is 18.7. The fraction of sp³-hybridized carbons (Fsp3) is 0.400. The first-order chi connectivity index (χ1) is 12.3. The number of ether oxygens (including phenoxy) is 1. The number of alkyl halides is 3. The summed E-state index contributed by atoms with van der Waals surface area (Å²) in [6.07, 6.45) is -4.67. The number of piperazine rings is 1. The van der Waals surface area contributed by atoms with E-state index in [1.807, 2.05) is 0 Å². The SMILES string of the molecule is Cc1ccc([C@@H](c2ccc(OC(F)(F)F)cc2)N2CCNCC2)c(C)c1. The molecule has 0 saturated carbocycles. The standard InChI is InChI=1S/C20H23F3N2O/c1-14-3-8-18(15(2)13-14)19(25-11-9-24-10-12-25)16-4-6-17(7-5-16)26-20(21,22)23/h3-8,13,19,24H,9-12H2,1-2H3/t19-/m1/s1. The van der Waals surface area contributed by atoms with E-state index in [0.29, 0.717) is 0 Å². The Labute approximate surface area is 151 Å². The molecule has 3 rings (SSSR count). The first-order valence-corrected chi connectivity index (χ1v) is 8.71. The normalized spacial score (nSPS) is 17.1. The lowest BCUT2D eigenvalue weighted by Gasteiger charge is -2.36. The van der Waals surface area contributed by atoms with E-state index >= 15 is 0 Å². The number of rotatable bonds is 4. The van der Waals surface area contributed by atoms with Gasteiger partial charge in [-0.15, -0.1) is 13.2 Å². The molecule has 1 saturated heterocycles. The van der Waals surface area contributed by atoms with E-state index in [4.69, 9.17) is 0 Å². The number of halogens is 3. The van der Waals surface area contributed by atoms with Gasteiger partial charge in [-0.05, 0) is 42.7 Å². The van der Waals surface area contributed by atoms with Gasteiger partial charge in [0.25, 0.3) is 0 Å². The lowest BCUT2D eigenvalue weighted by atomic mass is 9.92. The van der Waals surface area contributed by atoms with Crippen molar-refractivity contribution in [3.8, 4) is 5.75 Å². The second-order valence-electron chi connectivity index (χ2n) is 6.67. The molecule has 1 N–H and O–H groups in total. The van der Waals surface area contributed by atoms with Gasteiger partial charge in [0.1, 0.15) is 5.75 Å². The molecule has 0 amide bonds. The summed E-state index contributed by atoms with van der Waals surface area (Å²) in [6.45, 7) is 7.71. The summed E-state index contributed by atoms with van der Waals surface area (Å²) in [5.74, 6) is -0.194. The van der Waals surface area contributed by atoms with Crippen molar-refractivity contribution in [2.75, 3.05) is 26.2 Å². The maximum absolute atomic E-state index is 12.4.